The molecule has 0 saturated heterocycles. The Morgan fingerprint density at radius 3 is 3.00 bits per heavy atom. The molecule has 0 bridgehead atoms. The first-order valence-corrected chi connectivity index (χ1v) is 4.52. The van der Waals surface area contributed by atoms with Crippen LogP contribution in [0.3, 0.4) is 0 Å². The van der Waals surface area contributed by atoms with Gasteiger partial charge in [0, 0.05) is 6.20 Å². The van der Waals surface area contributed by atoms with E-state index < -0.39 is 12.0 Å². The highest BCUT2D eigenvalue weighted by atomic mass is 16.4. The van der Waals surface area contributed by atoms with Crippen molar-refractivity contribution in [3.63, 3.8) is 0 Å². The molecule has 0 amide bonds. The van der Waals surface area contributed by atoms with Crippen LogP contribution in [0.4, 0.5) is 0 Å². The molecule has 0 fully saturated rings. The van der Waals surface area contributed by atoms with Gasteiger partial charge in [0.1, 0.15) is 6.04 Å². The van der Waals surface area contributed by atoms with E-state index in [0.29, 0.717) is 5.56 Å². The first-order valence-electron chi connectivity index (χ1n) is 4.52. The van der Waals surface area contributed by atoms with Crippen LogP contribution >= 0.6 is 0 Å². The Morgan fingerprint density at radius 1 is 1.60 bits per heavy atom. The fourth-order valence-corrected chi connectivity index (χ4v) is 1.48. The topological polar surface area (TPSA) is 80.6 Å². The fraction of sp³-hybridized carbons (Fsp3) is 0.200. The minimum atomic E-state index is -1.03. The molecule has 0 radical (unpaired) electrons. The summed E-state index contributed by atoms with van der Waals surface area (Å²) >= 11 is 0. The van der Waals surface area contributed by atoms with Gasteiger partial charge in [-0.1, -0.05) is 0 Å². The largest absolute Gasteiger partial charge is 0.480 e. The van der Waals surface area contributed by atoms with Crippen molar-refractivity contribution in [3.05, 3.63) is 35.7 Å². The maximum atomic E-state index is 10.7. The first-order chi connectivity index (χ1) is 7.08. The maximum absolute atomic E-state index is 10.7. The average Bonchev–Trinajstić information content (AvgIpc) is 2.55. The van der Waals surface area contributed by atoms with E-state index in [9.17, 15) is 4.79 Å². The SMILES string of the molecule is Cc1cc2cc(C(N)C(=O)O)ccn2n1. The molecule has 15 heavy (non-hydrogen) atoms. The fourth-order valence-electron chi connectivity index (χ4n) is 1.48. The van der Waals surface area contributed by atoms with E-state index in [1.165, 1.54) is 0 Å². The second kappa shape index (κ2) is 3.36. The predicted octanol–water partition coefficient (Wildman–Crippen LogP) is 0.727. The summed E-state index contributed by atoms with van der Waals surface area (Å²) in [5, 5.41) is 13.0. The van der Waals surface area contributed by atoms with Crippen LogP contribution in [0.5, 0.6) is 0 Å². The van der Waals surface area contributed by atoms with Crippen molar-refractivity contribution in [3.8, 4) is 0 Å². The van der Waals surface area contributed by atoms with Crippen molar-refractivity contribution >= 4 is 11.5 Å². The van der Waals surface area contributed by atoms with Crippen LogP contribution in [0.15, 0.2) is 24.4 Å². The van der Waals surface area contributed by atoms with Gasteiger partial charge in [0.2, 0.25) is 0 Å². The van der Waals surface area contributed by atoms with Crippen LogP contribution in [0.2, 0.25) is 0 Å². The van der Waals surface area contributed by atoms with E-state index in [-0.39, 0.29) is 0 Å². The van der Waals surface area contributed by atoms with Gasteiger partial charge in [-0.05, 0) is 30.7 Å². The van der Waals surface area contributed by atoms with Gasteiger partial charge in [-0.3, -0.25) is 4.79 Å². The van der Waals surface area contributed by atoms with Crippen molar-refractivity contribution in [1.82, 2.24) is 9.61 Å². The van der Waals surface area contributed by atoms with Crippen LogP contribution in [-0.2, 0) is 4.79 Å². The number of pyridine rings is 1. The van der Waals surface area contributed by atoms with Crippen molar-refractivity contribution in [1.29, 1.82) is 0 Å². The van der Waals surface area contributed by atoms with Gasteiger partial charge in [-0.25, -0.2) is 4.52 Å². The molecule has 0 aliphatic rings. The van der Waals surface area contributed by atoms with Crippen molar-refractivity contribution in [2.45, 2.75) is 13.0 Å². The molecule has 0 saturated carbocycles. The van der Waals surface area contributed by atoms with Crippen molar-refractivity contribution in [2.75, 3.05) is 0 Å². The summed E-state index contributed by atoms with van der Waals surface area (Å²) in [5.41, 5.74) is 7.82. The Hall–Kier alpha value is -1.88. The summed E-state index contributed by atoms with van der Waals surface area (Å²) in [6, 6.07) is 4.29. The molecule has 2 rings (SSSR count). The van der Waals surface area contributed by atoms with E-state index in [0.717, 1.165) is 11.2 Å². The van der Waals surface area contributed by atoms with E-state index in [4.69, 9.17) is 10.8 Å². The van der Waals surface area contributed by atoms with Crippen LogP contribution in [-0.4, -0.2) is 20.7 Å². The molecule has 2 aromatic heterocycles. The van der Waals surface area contributed by atoms with Gasteiger partial charge in [0.25, 0.3) is 0 Å². The minimum absolute atomic E-state index is 0.579. The summed E-state index contributed by atoms with van der Waals surface area (Å²) in [4.78, 5) is 10.7. The number of rotatable bonds is 2. The molecule has 0 aliphatic carbocycles. The molecule has 78 valence electrons. The predicted molar refractivity (Wildman–Crippen MR) is 54.5 cm³/mol. The number of carbonyl (C=O) groups is 1. The summed E-state index contributed by atoms with van der Waals surface area (Å²) in [6.45, 7) is 1.88. The lowest BCUT2D eigenvalue weighted by atomic mass is 10.1. The second-order valence-electron chi connectivity index (χ2n) is 3.43. The normalized spacial score (nSPS) is 12.9. The number of aromatic nitrogens is 2. The maximum Gasteiger partial charge on any atom is 0.325 e. The standard InChI is InChI=1S/C10H11N3O2/c1-6-4-8-5-7(9(11)10(14)15)2-3-13(8)12-6/h2-5,9H,11H2,1H3,(H,14,15). The summed E-state index contributed by atoms with van der Waals surface area (Å²) in [5.74, 6) is -1.03. The number of nitrogens with two attached hydrogens (primary N) is 1. The Kier molecular flexibility index (Phi) is 2.17. The third-order valence-corrected chi connectivity index (χ3v) is 2.23. The van der Waals surface area contributed by atoms with Gasteiger partial charge >= 0.3 is 5.97 Å². The highest BCUT2D eigenvalue weighted by Crippen LogP contribution is 2.14. The van der Waals surface area contributed by atoms with Crippen LogP contribution in [0.25, 0.3) is 5.52 Å². The van der Waals surface area contributed by atoms with E-state index in [1.54, 1.807) is 22.8 Å². The molecule has 3 N–H and O–H groups in total. The first kappa shape index (κ1) is 9.67. The monoisotopic (exact) mass is 205 g/mol. The van der Waals surface area contributed by atoms with Crippen molar-refractivity contribution in [2.24, 2.45) is 5.73 Å². The van der Waals surface area contributed by atoms with Gasteiger partial charge in [-0.15, -0.1) is 0 Å². The molecule has 0 aliphatic heterocycles. The summed E-state index contributed by atoms with van der Waals surface area (Å²) < 4.78 is 1.69. The number of hydrogen-bond donors (Lipinski definition) is 2. The third-order valence-electron chi connectivity index (χ3n) is 2.23. The van der Waals surface area contributed by atoms with E-state index in [1.807, 2.05) is 13.0 Å². The van der Waals surface area contributed by atoms with Crippen LogP contribution < -0.4 is 5.73 Å². The van der Waals surface area contributed by atoms with E-state index >= 15 is 0 Å². The van der Waals surface area contributed by atoms with Crippen molar-refractivity contribution < 1.29 is 9.90 Å². The Labute approximate surface area is 86.1 Å². The van der Waals surface area contributed by atoms with Gasteiger partial charge in [-0.2, -0.15) is 5.10 Å². The van der Waals surface area contributed by atoms with Crippen LogP contribution in [0.1, 0.15) is 17.3 Å². The minimum Gasteiger partial charge on any atom is -0.480 e. The van der Waals surface area contributed by atoms with E-state index in [2.05, 4.69) is 5.10 Å². The smallest absolute Gasteiger partial charge is 0.325 e. The van der Waals surface area contributed by atoms with Gasteiger partial charge < -0.3 is 10.8 Å². The molecule has 1 unspecified atom stereocenters. The molecule has 0 aromatic carbocycles. The molecular formula is C10H11N3O2. The molecule has 2 aromatic rings. The summed E-state index contributed by atoms with van der Waals surface area (Å²) in [7, 11) is 0. The molecule has 1 atom stereocenters. The Bertz CT molecular complexity index is 518. The zero-order chi connectivity index (χ0) is 11.0. The quantitative estimate of drug-likeness (QED) is 0.757. The Morgan fingerprint density at radius 2 is 2.33 bits per heavy atom. The highest BCUT2D eigenvalue weighted by molar-refractivity contribution is 5.75. The lowest BCUT2D eigenvalue weighted by molar-refractivity contribution is -0.138. The number of carboxylic acids is 1. The number of aliphatic carboxylic acids is 1. The van der Waals surface area contributed by atoms with Crippen LogP contribution in [0, 0.1) is 6.92 Å². The molecule has 2 heterocycles. The molecule has 5 heteroatoms. The van der Waals surface area contributed by atoms with Gasteiger partial charge in [0.05, 0.1) is 11.2 Å². The zero-order valence-electron chi connectivity index (χ0n) is 8.21. The number of hydrogen-bond acceptors (Lipinski definition) is 3. The number of aryl methyl sites for hydroxylation is 1. The Balaban J connectivity index is 2.50. The lowest BCUT2D eigenvalue weighted by Crippen LogP contribution is -2.20. The molecule has 5 nitrogen and oxygen atoms in total. The number of carboxylic acid groups (broad SMARTS) is 1. The molecule has 0 spiro atoms. The highest BCUT2D eigenvalue weighted by Gasteiger charge is 2.14. The number of nitrogens with zero attached hydrogens (tertiary/aromatic N) is 2. The van der Waals surface area contributed by atoms with Gasteiger partial charge in [0.15, 0.2) is 0 Å². The average molecular weight is 205 g/mol. The number of fused-ring (bicyclic) bond motifs is 1. The lowest BCUT2D eigenvalue weighted by Gasteiger charge is -2.06. The second-order valence-corrected chi connectivity index (χ2v) is 3.43. The summed E-state index contributed by atoms with van der Waals surface area (Å²) in [6.07, 6.45) is 1.71. The zero-order valence-corrected chi connectivity index (χ0v) is 8.21. The third kappa shape index (κ3) is 1.69. The molecular weight excluding hydrogens is 194 g/mol.